The predicted octanol–water partition coefficient (Wildman–Crippen LogP) is 4.54. The van der Waals surface area contributed by atoms with Crippen LogP contribution in [0.3, 0.4) is 0 Å². The van der Waals surface area contributed by atoms with Crippen molar-refractivity contribution in [3.8, 4) is 17.2 Å². The van der Waals surface area contributed by atoms with Crippen LogP contribution < -0.4 is 15.0 Å². The summed E-state index contributed by atoms with van der Waals surface area (Å²) in [6.45, 7) is 2.19. The van der Waals surface area contributed by atoms with Crippen LogP contribution in [-0.2, 0) is 17.9 Å². The highest BCUT2D eigenvalue weighted by atomic mass is 35.5. The fraction of sp³-hybridized carbons (Fsp3) is 0.192. The minimum Gasteiger partial charge on any atom is -0.497 e. The Hall–Kier alpha value is -4.04. The van der Waals surface area contributed by atoms with Gasteiger partial charge in [-0.05, 0) is 61.0 Å². The van der Waals surface area contributed by atoms with Gasteiger partial charge < -0.3 is 14.5 Å². The van der Waals surface area contributed by atoms with E-state index in [2.05, 4.69) is 10.4 Å². The number of carbonyl (C=O) groups excluding carboxylic acids is 2. The second-order valence-corrected chi connectivity index (χ2v) is 8.91. The van der Waals surface area contributed by atoms with Crippen LogP contribution in [0.15, 0.2) is 77.4 Å². The summed E-state index contributed by atoms with van der Waals surface area (Å²) in [7, 11) is 1.57. The number of carbonyl (C=O) groups is 2. The number of ether oxygens (including phenoxy) is 1. The second-order valence-electron chi connectivity index (χ2n) is 8.47. The number of halogens is 1. The summed E-state index contributed by atoms with van der Waals surface area (Å²) in [5.74, 6) is 0.551. The van der Waals surface area contributed by atoms with E-state index in [-0.39, 0.29) is 18.4 Å². The average Bonchev–Trinajstić information content (AvgIpc) is 3.54. The number of hydrogen-bond donors (Lipinski definition) is 1. The van der Waals surface area contributed by atoms with E-state index < -0.39 is 5.54 Å². The van der Waals surface area contributed by atoms with Gasteiger partial charge >= 0.3 is 0 Å². The first-order valence-electron chi connectivity index (χ1n) is 11.0. The fourth-order valence-corrected chi connectivity index (χ4v) is 4.36. The van der Waals surface area contributed by atoms with Crippen molar-refractivity contribution in [1.29, 1.82) is 0 Å². The van der Waals surface area contributed by atoms with Gasteiger partial charge in [-0.3, -0.25) is 19.2 Å². The first-order valence-corrected chi connectivity index (χ1v) is 11.4. The van der Waals surface area contributed by atoms with Crippen molar-refractivity contribution >= 4 is 29.1 Å². The molecule has 0 bridgehead atoms. The van der Waals surface area contributed by atoms with Crippen LogP contribution in [0, 0.1) is 0 Å². The van der Waals surface area contributed by atoms with Crippen molar-refractivity contribution in [1.82, 2.24) is 15.1 Å². The number of benzene rings is 2. The molecular formula is C26H23ClN4O4. The molecule has 2 aromatic heterocycles. The highest BCUT2D eigenvalue weighted by Gasteiger charge is 2.49. The minimum atomic E-state index is -1.25. The monoisotopic (exact) mass is 490 g/mol. The van der Waals surface area contributed by atoms with Crippen molar-refractivity contribution in [2.24, 2.45) is 0 Å². The van der Waals surface area contributed by atoms with Gasteiger partial charge in [0.05, 0.1) is 19.9 Å². The molecule has 4 aromatic rings. The number of nitrogens with zero attached hydrogens (tertiary/aromatic N) is 3. The smallest absolute Gasteiger partial charge is 0.277 e. The maximum absolute atomic E-state index is 13.8. The van der Waals surface area contributed by atoms with Gasteiger partial charge in [0.2, 0.25) is 5.91 Å². The minimum absolute atomic E-state index is 0.160. The molecule has 1 atom stereocenters. The van der Waals surface area contributed by atoms with Crippen LogP contribution in [-0.4, -0.2) is 34.2 Å². The standard InChI is InChI=1S/C26H23ClN4O4/c1-26(25(33)28-15-17-5-7-18(27)8-6-17)16-30-22(14-21(29-30)23-4-3-13-35-23)24(32)31(26)19-9-11-20(34-2)12-10-19/h3-14H,15-16H2,1-2H3,(H,28,33). The van der Waals surface area contributed by atoms with Crippen LogP contribution in [0.2, 0.25) is 5.02 Å². The van der Waals surface area contributed by atoms with Gasteiger partial charge in [-0.15, -0.1) is 0 Å². The van der Waals surface area contributed by atoms with E-state index in [0.29, 0.717) is 40.2 Å². The van der Waals surface area contributed by atoms with E-state index in [0.717, 1.165) is 5.56 Å². The molecule has 9 heteroatoms. The van der Waals surface area contributed by atoms with E-state index in [1.165, 1.54) is 4.90 Å². The Labute approximate surface area is 207 Å². The maximum Gasteiger partial charge on any atom is 0.277 e. The molecule has 8 nitrogen and oxygen atoms in total. The molecule has 1 unspecified atom stereocenters. The summed E-state index contributed by atoms with van der Waals surface area (Å²) < 4.78 is 12.3. The highest BCUT2D eigenvalue weighted by molar-refractivity contribution is 6.30. The number of amides is 2. The van der Waals surface area contributed by atoms with Gasteiger partial charge in [-0.25, -0.2) is 0 Å². The number of nitrogens with one attached hydrogen (secondary N) is 1. The molecular weight excluding hydrogens is 468 g/mol. The van der Waals surface area contributed by atoms with Crippen LogP contribution in [0.5, 0.6) is 5.75 Å². The topological polar surface area (TPSA) is 89.6 Å². The van der Waals surface area contributed by atoms with Crippen LogP contribution in [0.1, 0.15) is 23.0 Å². The second kappa shape index (κ2) is 8.96. The SMILES string of the molecule is COc1ccc(N2C(=O)c3cc(-c4ccco4)nn3CC2(C)C(=O)NCc2ccc(Cl)cc2)cc1. The molecule has 1 N–H and O–H groups in total. The van der Waals surface area contributed by atoms with Crippen molar-refractivity contribution < 1.29 is 18.7 Å². The fourth-order valence-electron chi connectivity index (χ4n) is 4.24. The van der Waals surface area contributed by atoms with Crippen molar-refractivity contribution in [2.75, 3.05) is 12.0 Å². The van der Waals surface area contributed by atoms with E-state index in [1.54, 1.807) is 79.6 Å². The molecule has 2 aromatic carbocycles. The Bertz CT molecular complexity index is 1360. The summed E-state index contributed by atoms with van der Waals surface area (Å²) in [5, 5.41) is 8.16. The lowest BCUT2D eigenvalue weighted by Crippen LogP contribution is -2.64. The normalized spacial score (nSPS) is 17.2. The third kappa shape index (κ3) is 4.17. The lowest BCUT2D eigenvalue weighted by Gasteiger charge is -2.43. The first-order chi connectivity index (χ1) is 16.9. The molecule has 0 fully saturated rings. The van der Waals surface area contributed by atoms with Crippen LogP contribution in [0.4, 0.5) is 5.69 Å². The third-order valence-corrected chi connectivity index (χ3v) is 6.37. The maximum atomic E-state index is 13.8. The first kappa shape index (κ1) is 22.7. The zero-order valence-electron chi connectivity index (χ0n) is 19.2. The van der Waals surface area contributed by atoms with E-state index >= 15 is 0 Å². The van der Waals surface area contributed by atoms with Crippen molar-refractivity contribution in [3.05, 3.63) is 89.3 Å². The van der Waals surface area contributed by atoms with E-state index in [4.69, 9.17) is 20.8 Å². The molecule has 0 spiro atoms. The molecule has 1 aliphatic heterocycles. The Morgan fingerprint density at radius 1 is 1.17 bits per heavy atom. The lowest BCUT2D eigenvalue weighted by atomic mass is 9.93. The van der Waals surface area contributed by atoms with Gasteiger partial charge in [-0.2, -0.15) is 5.10 Å². The number of furan rings is 1. The molecule has 0 aliphatic carbocycles. The summed E-state index contributed by atoms with van der Waals surface area (Å²) >= 11 is 5.97. The van der Waals surface area contributed by atoms with Gasteiger partial charge in [0.15, 0.2) is 5.76 Å². The Kier molecular flexibility index (Phi) is 5.82. The Balaban J connectivity index is 1.52. The quantitative estimate of drug-likeness (QED) is 0.428. The largest absolute Gasteiger partial charge is 0.497 e. The molecule has 1 aliphatic rings. The number of fused-ring (bicyclic) bond motifs is 1. The van der Waals surface area contributed by atoms with Gasteiger partial charge in [-0.1, -0.05) is 23.7 Å². The molecule has 0 saturated carbocycles. The third-order valence-electron chi connectivity index (χ3n) is 6.11. The number of anilines is 1. The Morgan fingerprint density at radius 2 is 1.91 bits per heavy atom. The predicted molar refractivity (Wildman–Crippen MR) is 131 cm³/mol. The molecule has 2 amide bonds. The summed E-state index contributed by atoms with van der Waals surface area (Å²) in [4.78, 5) is 29.0. The van der Waals surface area contributed by atoms with Gasteiger partial charge in [0.1, 0.15) is 22.7 Å². The number of methoxy groups -OCH3 is 1. The van der Waals surface area contributed by atoms with E-state index in [1.807, 2.05) is 12.1 Å². The van der Waals surface area contributed by atoms with Gasteiger partial charge in [0.25, 0.3) is 5.91 Å². The lowest BCUT2D eigenvalue weighted by molar-refractivity contribution is -0.126. The molecule has 0 saturated heterocycles. The van der Waals surface area contributed by atoms with Crippen molar-refractivity contribution in [3.63, 3.8) is 0 Å². The molecule has 178 valence electrons. The zero-order chi connectivity index (χ0) is 24.6. The number of hydrogen-bond acceptors (Lipinski definition) is 5. The van der Waals surface area contributed by atoms with Crippen molar-refractivity contribution in [2.45, 2.75) is 25.6 Å². The zero-order valence-corrected chi connectivity index (χ0v) is 20.0. The van der Waals surface area contributed by atoms with Crippen LogP contribution in [0.25, 0.3) is 11.5 Å². The molecule has 35 heavy (non-hydrogen) atoms. The molecule has 0 radical (unpaired) electrons. The number of aromatic nitrogens is 2. The number of rotatable bonds is 6. The van der Waals surface area contributed by atoms with E-state index in [9.17, 15) is 9.59 Å². The van der Waals surface area contributed by atoms with Crippen LogP contribution >= 0.6 is 11.6 Å². The summed E-state index contributed by atoms with van der Waals surface area (Å²) in [5.41, 5.74) is 1.11. The summed E-state index contributed by atoms with van der Waals surface area (Å²) in [6.07, 6.45) is 1.55. The molecule has 5 rings (SSSR count). The average molecular weight is 491 g/mol. The highest BCUT2D eigenvalue weighted by Crippen LogP contribution is 2.35. The Morgan fingerprint density at radius 3 is 2.57 bits per heavy atom. The summed E-state index contributed by atoms with van der Waals surface area (Å²) in [6, 6.07) is 19.5. The molecule has 3 heterocycles. The van der Waals surface area contributed by atoms with Gasteiger partial charge in [0, 0.05) is 23.3 Å².